The zero-order valence-electron chi connectivity index (χ0n) is 3.03. The fourth-order valence-electron chi connectivity index (χ4n) is 0. The Kier molecular flexibility index (Phi) is 11.1. The van der Waals surface area contributed by atoms with Gasteiger partial charge in [0.1, 0.15) is 0 Å². The van der Waals surface area contributed by atoms with Crippen molar-refractivity contribution >= 4 is 48.8 Å². The highest BCUT2D eigenvalue weighted by Crippen LogP contribution is 2.02. The number of halogens is 3. The predicted molar refractivity (Wildman–Crippen MR) is 41.0 cm³/mol. The lowest BCUT2D eigenvalue weighted by Crippen LogP contribution is -2.05. The number of hydrogen-bond donors (Lipinski definition) is 1. The van der Waals surface area contributed by atoms with Gasteiger partial charge in [0, 0.05) is 6.54 Å². The molecule has 0 saturated heterocycles. The number of alkyl halides is 2. The molecule has 0 aromatic carbocycles. The largest absolute Gasteiger partial charge is 0.329 e. The first-order chi connectivity index (χ1) is 2.27. The first kappa shape index (κ1) is 10.4. The van der Waals surface area contributed by atoms with E-state index in [0.29, 0.717) is 6.54 Å². The highest BCUT2D eigenvalue weighted by Gasteiger charge is 1.85. The summed E-state index contributed by atoms with van der Waals surface area (Å²) in [6.45, 7) is 0.639. The van der Waals surface area contributed by atoms with Gasteiger partial charge in [0.25, 0.3) is 0 Å². The lowest BCUT2D eigenvalue weighted by molar-refractivity contribution is 1.13. The van der Waals surface area contributed by atoms with Crippen LogP contribution in [-0.2, 0) is 0 Å². The van der Waals surface area contributed by atoms with E-state index in [0.717, 1.165) is 0 Å². The lowest BCUT2D eigenvalue weighted by Gasteiger charge is -1.86. The molecule has 0 aliphatic rings. The molecule has 0 fully saturated rings. The summed E-state index contributed by atoms with van der Waals surface area (Å²) in [5.41, 5.74) is 5.08. The fourth-order valence-corrected chi connectivity index (χ4v) is 0. The van der Waals surface area contributed by atoms with Crippen molar-refractivity contribution in [2.75, 3.05) is 6.54 Å². The number of hydrogen-bond acceptors (Lipinski definition) is 1. The van der Waals surface area contributed by atoms with Gasteiger partial charge in [-0.2, -0.15) is 0 Å². The minimum Gasteiger partial charge on any atom is -0.329 e. The van der Waals surface area contributed by atoms with E-state index in [1.165, 1.54) is 0 Å². The summed E-state index contributed by atoms with van der Waals surface area (Å²) in [7, 11) is 0. The molecule has 0 aliphatic carbocycles. The van der Waals surface area contributed by atoms with Crippen LogP contribution in [-0.4, -0.2) is 10.3 Å². The molecule has 0 radical (unpaired) electrons. The third kappa shape index (κ3) is 9.04. The van der Waals surface area contributed by atoms with Gasteiger partial charge in [0.2, 0.25) is 0 Å². The Morgan fingerprint density at radius 2 is 1.67 bits per heavy atom. The maximum absolute atomic E-state index is 5.08. The summed E-state index contributed by atoms with van der Waals surface area (Å²) in [5, 5.41) is 0. The van der Waals surface area contributed by atoms with E-state index in [2.05, 4.69) is 31.9 Å². The van der Waals surface area contributed by atoms with Crippen molar-refractivity contribution in [1.29, 1.82) is 0 Å². The van der Waals surface area contributed by atoms with Gasteiger partial charge >= 0.3 is 0 Å². The van der Waals surface area contributed by atoms with Crippen LogP contribution in [0.4, 0.5) is 0 Å². The zero-order chi connectivity index (χ0) is 4.28. The Morgan fingerprint density at radius 3 is 1.67 bits per heavy atom. The molecule has 0 saturated carbocycles. The summed E-state index contributed by atoms with van der Waals surface area (Å²) in [5.74, 6) is 0. The fraction of sp³-hybridized carbons (Fsp3) is 1.00. The zero-order valence-corrected chi connectivity index (χ0v) is 7.91. The highest BCUT2D eigenvalue weighted by molar-refractivity contribution is 9.24. The average molecular weight is 284 g/mol. The van der Waals surface area contributed by atoms with E-state index in [1.54, 1.807) is 0 Å². The maximum Gasteiger partial charge on any atom is 0.0819 e. The van der Waals surface area contributed by atoms with E-state index in [4.69, 9.17) is 5.73 Å². The molecular formula is C2H6Br3N. The molecule has 0 rings (SSSR count). The molecule has 0 amide bonds. The van der Waals surface area contributed by atoms with Crippen LogP contribution in [0.3, 0.4) is 0 Å². The van der Waals surface area contributed by atoms with Crippen LogP contribution < -0.4 is 5.73 Å². The summed E-state index contributed by atoms with van der Waals surface area (Å²) in [6, 6.07) is 0. The molecule has 2 N–H and O–H groups in total. The lowest BCUT2D eigenvalue weighted by atomic mass is 10.8. The monoisotopic (exact) mass is 281 g/mol. The molecule has 1 nitrogen and oxygen atoms in total. The highest BCUT2D eigenvalue weighted by atomic mass is 79.9. The molecular weight excluding hydrogens is 278 g/mol. The van der Waals surface area contributed by atoms with Crippen LogP contribution in [0.1, 0.15) is 0 Å². The van der Waals surface area contributed by atoms with Crippen LogP contribution in [0.5, 0.6) is 0 Å². The van der Waals surface area contributed by atoms with Crippen molar-refractivity contribution in [3.63, 3.8) is 0 Å². The normalized spacial score (nSPS) is 8.00. The topological polar surface area (TPSA) is 26.0 Å². The van der Waals surface area contributed by atoms with Crippen LogP contribution in [0.25, 0.3) is 0 Å². The second-order valence-corrected chi connectivity index (χ2v) is 4.07. The second kappa shape index (κ2) is 6.40. The quantitative estimate of drug-likeness (QED) is 0.728. The summed E-state index contributed by atoms with van der Waals surface area (Å²) in [4.78, 5) is 0. The Hall–Kier alpha value is 1.40. The van der Waals surface area contributed by atoms with E-state index < -0.39 is 0 Å². The molecule has 0 aliphatic heterocycles. The van der Waals surface area contributed by atoms with Gasteiger partial charge in [-0.1, -0.05) is 31.9 Å². The van der Waals surface area contributed by atoms with Crippen molar-refractivity contribution in [2.45, 2.75) is 3.74 Å². The third-order valence-electron chi connectivity index (χ3n) is 0.178. The van der Waals surface area contributed by atoms with Crippen molar-refractivity contribution in [2.24, 2.45) is 5.73 Å². The van der Waals surface area contributed by atoms with Crippen LogP contribution in [0.2, 0.25) is 0 Å². The van der Waals surface area contributed by atoms with Crippen molar-refractivity contribution in [3.05, 3.63) is 0 Å². The Labute approximate surface area is 64.7 Å². The minimum absolute atomic E-state index is 0. The molecule has 6 heavy (non-hydrogen) atoms. The van der Waals surface area contributed by atoms with E-state index in [-0.39, 0.29) is 20.7 Å². The van der Waals surface area contributed by atoms with E-state index in [9.17, 15) is 0 Å². The molecule has 0 heterocycles. The molecule has 0 aromatic rings. The molecule has 4 heteroatoms. The van der Waals surface area contributed by atoms with Gasteiger partial charge in [0.05, 0.1) is 3.74 Å². The maximum atomic E-state index is 5.08. The SMILES string of the molecule is Br.NCC(Br)Br. The van der Waals surface area contributed by atoms with Gasteiger partial charge in [-0.3, -0.25) is 0 Å². The van der Waals surface area contributed by atoms with Crippen molar-refractivity contribution in [1.82, 2.24) is 0 Å². The van der Waals surface area contributed by atoms with Crippen molar-refractivity contribution in [3.8, 4) is 0 Å². The van der Waals surface area contributed by atoms with Crippen LogP contribution in [0, 0.1) is 0 Å². The predicted octanol–water partition coefficient (Wildman–Crippen LogP) is 1.64. The van der Waals surface area contributed by atoms with Gasteiger partial charge in [-0.15, -0.1) is 17.0 Å². The van der Waals surface area contributed by atoms with Crippen LogP contribution in [0.15, 0.2) is 0 Å². The molecule has 0 unspecified atom stereocenters. The molecule has 0 aromatic heterocycles. The third-order valence-corrected chi connectivity index (χ3v) is 0.926. The first-order valence-electron chi connectivity index (χ1n) is 1.25. The molecule has 0 atom stereocenters. The number of rotatable bonds is 1. The Morgan fingerprint density at radius 1 is 1.50 bits per heavy atom. The molecule has 0 spiro atoms. The minimum atomic E-state index is 0. The molecule has 40 valence electrons. The molecule has 0 bridgehead atoms. The average Bonchev–Trinajstić information content (AvgIpc) is 1.38. The van der Waals surface area contributed by atoms with E-state index in [1.807, 2.05) is 0 Å². The van der Waals surface area contributed by atoms with E-state index >= 15 is 0 Å². The van der Waals surface area contributed by atoms with Crippen LogP contribution >= 0.6 is 48.8 Å². The number of nitrogens with two attached hydrogens (primary N) is 1. The first-order valence-corrected chi connectivity index (χ1v) is 3.08. The Bertz CT molecular complexity index is 22.8. The smallest absolute Gasteiger partial charge is 0.0819 e. The second-order valence-electron chi connectivity index (χ2n) is 0.627. The summed E-state index contributed by atoms with van der Waals surface area (Å²) in [6.07, 6.45) is 0. The van der Waals surface area contributed by atoms with Gasteiger partial charge in [-0.25, -0.2) is 0 Å². The summed E-state index contributed by atoms with van der Waals surface area (Å²) < 4.78 is 0.287. The van der Waals surface area contributed by atoms with Crippen molar-refractivity contribution < 1.29 is 0 Å². The van der Waals surface area contributed by atoms with Gasteiger partial charge < -0.3 is 5.73 Å². The van der Waals surface area contributed by atoms with Gasteiger partial charge in [-0.05, 0) is 0 Å². The summed E-state index contributed by atoms with van der Waals surface area (Å²) >= 11 is 6.33. The standard InChI is InChI=1S/C2H5Br2N.BrH/c3-2(4)1-5;/h2H,1,5H2;1H. The van der Waals surface area contributed by atoms with Gasteiger partial charge in [0.15, 0.2) is 0 Å². The Balaban J connectivity index is 0.